The molecule has 1 aromatic carbocycles. The van der Waals surface area contributed by atoms with Crippen LogP contribution in [0.1, 0.15) is 25.3 Å². The lowest BCUT2D eigenvalue weighted by atomic mass is 10.0. The standard InChI is InChI=1S/C16H25NO2/c1-13-6-5-9-17(10-13)11-15(18)12-19-16-8-4-3-7-14(16)2/h3-4,7-8,13,15,18H,5-6,9-12H2,1-2H3/t13-,15-/m1/s1. The summed E-state index contributed by atoms with van der Waals surface area (Å²) >= 11 is 0. The van der Waals surface area contributed by atoms with Crippen molar-refractivity contribution in [3.8, 4) is 5.75 Å². The molecule has 2 rings (SSSR count). The maximum atomic E-state index is 10.1. The van der Waals surface area contributed by atoms with Gasteiger partial charge in [-0.2, -0.15) is 0 Å². The Hall–Kier alpha value is -1.06. The summed E-state index contributed by atoms with van der Waals surface area (Å²) in [5.41, 5.74) is 1.11. The summed E-state index contributed by atoms with van der Waals surface area (Å²) in [5.74, 6) is 1.62. The van der Waals surface area contributed by atoms with E-state index in [4.69, 9.17) is 4.74 Å². The van der Waals surface area contributed by atoms with Gasteiger partial charge >= 0.3 is 0 Å². The maximum absolute atomic E-state index is 10.1. The van der Waals surface area contributed by atoms with Gasteiger partial charge in [-0.3, -0.25) is 0 Å². The maximum Gasteiger partial charge on any atom is 0.122 e. The number of rotatable bonds is 5. The van der Waals surface area contributed by atoms with E-state index in [0.29, 0.717) is 6.61 Å². The second kappa shape index (κ2) is 6.92. The largest absolute Gasteiger partial charge is 0.491 e. The average Bonchev–Trinajstić information content (AvgIpc) is 2.38. The Labute approximate surface area is 116 Å². The zero-order chi connectivity index (χ0) is 13.7. The van der Waals surface area contributed by atoms with Crippen LogP contribution in [0.2, 0.25) is 0 Å². The molecule has 0 aromatic heterocycles. The van der Waals surface area contributed by atoms with E-state index in [9.17, 15) is 5.11 Å². The van der Waals surface area contributed by atoms with E-state index in [1.54, 1.807) is 0 Å². The van der Waals surface area contributed by atoms with Crippen molar-refractivity contribution in [2.45, 2.75) is 32.8 Å². The van der Waals surface area contributed by atoms with Crippen LogP contribution < -0.4 is 4.74 Å². The van der Waals surface area contributed by atoms with Crippen LogP contribution in [0.15, 0.2) is 24.3 Å². The fourth-order valence-electron chi connectivity index (χ4n) is 2.71. The van der Waals surface area contributed by atoms with Crippen molar-refractivity contribution < 1.29 is 9.84 Å². The van der Waals surface area contributed by atoms with Gasteiger partial charge in [0.15, 0.2) is 0 Å². The topological polar surface area (TPSA) is 32.7 Å². The van der Waals surface area contributed by atoms with Crippen molar-refractivity contribution in [3.63, 3.8) is 0 Å². The molecule has 0 saturated carbocycles. The lowest BCUT2D eigenvalue weighted by Gasteiger charge is -2.32. The Kier molecular flexibility index (Phi) is 5.23. The highest BCUT2D eigenvalue weighted by molar-refractivity contribution is 5.31. The van der Waals surface area contributed by atoms with Gasteiger partial charge < -0.3 is 14.7 Å². The highest BCUT2D eigenvalue weighted by Gasteiger charge is 2.19. The van der Waals surface area contributed by atoms with Crippen LogP contribution in [0.25, 0.3) is 0 Å². The van der Waals surface area contributed by atoms with E-state index in [2.05, 4.69) is 11.8 Å². The molecule has 2 atom stereocenters. The zero-order valence-electron chi connectivity index (χ0n) is 12.0. The Bertz CT molecular complexity index is 394. The number of ether oxygens (including phenoxy) is 1. The fourth-order valence-corrected chi connectivity index (χ4v) is 2.71. The number of hydrogen-bond donors (Lipinski definition) is 1. The van der Waals surface area contributed by atoms with Crippen molar-refractivity contribution >= 4 is 0 Å². The van der Waals surface area contributed by atoms with Crippen LogP contribution in [0, 0.1) is 12.8 Å². The molecule has 1 heterocycles. The number of likely N-dealkylation sites (tertiary alicyclic amines) is 1. The van der Waals surface area contributed by atoms with Gasteiger partial charge in [0.2, 0.25) is 0 Å². The van der Waals surface area contributed by atoms with Gasteiger partial charge in [-0.1, -0.05) is 25.1 Å². The van der Waals surface area contributed by atoms with Gasteiger partial charge in [0.1, 0.15) is 18.5 Å². The van der Waals surface area contributed by atoms with E-state index in [1.165, 1.54) is 12.8 Å². The van der Waals surface area contributed by atoms with E-state index in [1.807, 2.05) is 31.2 Å². The number of nitrogens with zero attached hydrogens (tertiary/aromatic N) is 1. The number of hydrogen-bond acceptors (Lipinski definition) is 3. The van der Waals surface area contributed by atoms with E-state index < -0.39 is 6.10 Å². The number of benzene rings is 1. The average molecular weight is 263 g/mol. The third-order valence-corrected chi connectivity index (χ3v) is 3.73. The summed E-state index contributed by atoms with van der Waals surface area (Å²) < 4.78 is 5.69. The minimum Gasteiger partial charge on any atom is -0.491 e. The van der Waals surface area contributed by atoms with Crippen LogP contribution in [0.4, 0.5) is 0 Å². The van der Waals surface area contributed by atoms with E-state index in [0.717, 1.165) is 36.9 Å². The van der Waals surface area contributed by atoms with Crippen molar-refractivity contribution in [2.24, 2.45) is 5.92 Å². The summed E-state index contributed by atoms with van der Waals surface area (Å²) in [4.78, 5) is 2.35. The molecule has 1 fully saturated rings. The molecule has 1 aliphatic heterocycles. The summed E-state index contributed by atoms with van der Waals surface area (Å²) in [7, 11) is 0. The number of piperidine rings is 1. The lowest BCUT2D eigenvalue weighted by Crippen LogP contribution is -2.41. The molecule has 0 unspecified atom stereocenters. The highest BCUT2D eigenvalue weighted by atomic mass is 16.5. The highest BCUT2D eigenvalue weighted by Crippen LogP contribution is 2.18. The lowest BCUT2D eigenvalue weighted by molar-refractivity contribution is 0.0535. The monoisotopic (exact) mass is 263 g/mol. The van der Waals surface area contributed by atoms with Crippen LogP contribution >= 0.6 is 0 Å². The summed E-state index contributed by atoms with van der Waals surface area (Å²) in [6.07, 6.45) is 2.14. The molecule has 0 amide bonds. The van der Waals surface area contributed by atoms with Crippen molar-refractivity contribution in [3.05, 3.63) is 29.8 Å². The molecule has 0 aliphatic carbocycles. The minimum atomic E-state index is -0.412. The van der Waals surface area contributed by atoms with Crippen molar-refractivity contribution in [1.29, 1.82) is 0 Å². The van der Waals surface area contributed by atoms with Crippen LogP contribution in [-0.2, 0) is 0 Å². The Morgan fingerprint density at radius 3 is 2.95 bits per heavy atom. The third-order valence-electron chi connectivity index (χ3n) is 3.73. The Morgan fingerprint density at radius 1 is 1.42 bits per heavy atom. The SMILES string of the molecule is Cc1ccccc1OC[C@H](O)CN1CCC[C@@H](C)C1. The van der Waals surface area contributed by atoms with Crippen LogP contribution in [0.3, 0.4) is 0 Å². The Morgan fingerprint density at radius 2 is 2.21 bits per heavy atom. The second-order valence-electron chi connectivity index (χ2n) is 5.74. The zero-order valence-corrected chi connectivity index (χ0v) is 12.0. The van der Waals surface area contributed by atoms with Gasteiger partial charge in [-0.05, 0) is 43.9 Å². The number of aliphatic hydroxyl groups excluding tert-OH is 1. The minimum absolute atomic E-state index is 0.371. The molecule has 0 spiro atoms. The molecule has 106 valence electrons. The Balaban J connectivity index is 1.75. The van der Waals surface area contributed by atoms with Gasteiger partial charge in [-0.15, -0.1) is 0 Å². The van der Waals surface area contributed by atoms with Crippen molar-refractivity contribution in [2.75, 3.05) is 26.2 Å². The predicted octanol–water partition coefficient (Wildman–Crippen LogP) is 2.47. The van der Waals surface area contributed by atoms with Gasteiger partial charge in [-0.25, -0.2) is 0 Å². The predicted molar refractivity (Wildman–Crippen MR) is 77.5 cm³/mol. The second-order valence-corrected chi connectivity index (χ2v) is 5.74. The number of aliphatic hydroxyl groups is 1. The van der Waals surface area contributed by atoms with Crippen LogP contribution in [-0.4, -0.2) is 42.4 Å². The van der Waals surface area contributed by atoms with Crippen molar-refractivity contribution in [1.82, 2.24) is 4.90 Å². The van der Waals surface area contributed by atoms with E-state index >= 15 is 0 Å². The van der Waals surface area contributed by atoms with E-state index in [-0.39, 0.29) is 0 Å². The molecular weight excluding hydrogens is 238 g/mol. The van der Waals surface area contributed by atoms with Gasteiger partial charge in [0, 0.05) is 13.1 Å². The van der Waals surface area contributed by atoms with Crippen LogP contribution in [0.5, 0.6) is 5.75 Å². The first-order valence-corrected chi connectivity index (χ1v) is 7.24. The molecular formula is C16H25NO2. The molecule has 1 aliphatic rings. The molecule has 0 bridgehead atoms. The molecule has 0 radical (unpaired) electrons. The normalized spacial score (nSPS) is 22.2. The number of β-amino-alcohol motifs (C(OH)–C–C–N with tert-alkyl or cyclic N) is 1. The smallest absolute Gasteiger partial charge is 0.122 e. The molecule has 3 heteroatoms. The van der Waals surface area contributed by atoms with Gasteiger partial charge in [0.25, 0.3) is 0 Å². The number of aryl methyl sites for hydroxylation is 1. The third kappa shape index (κ3) is 4.51. The first-order chi connectivity index (χ1) is 9.15. The molecule has 1 N–H and O–H groups in total. The number of para-hydroxylation sites is 1. The summed E-state index contributed by atoms with van der Waals surface area (Å²) in [6, 6.07) is 7.92. The molecule has 19 heavy (non-hydrogen) atoms. The molecule has 1 aromatic rings. The summed E-state index contributed by atoms with van der Waals surface area (Å²) in [6.45, 7) is 7.59. The molecule has 1 saturated heterocycles. The fraction of sp³-hybridized carbons (Fsp3) is 0.625. The summed E-state index contributed by atoms with van der Waals surface area (Å²) in [5, 5.41) is 10.1. The first kappa shape index (κ1) is 14.4. The molecule has 3 nitrogen and oxygen atoms in total. The quantitative estimate of drug-likeness (QED) is 0.886. The van der Waals surface area contributed by atoms with Gasteiger partial charge in [0.05, 0.1) is 0 Å². The first-order valence-electron chi connectivity index (χ1n) is 7.24.